The highest BCUT2D eigenvalue weighted by Crippen LogP contribution is 2.76. The van der Waals surface area contributed by atoms with Crippen LogP contribution in [-0.2, 0) is 19.1 Å². The summed E-state index contributed by atoms with van der Waals surface area (Å²) >= 11 is 0. The molecule has 0 aromatic rings. The molecule has 0 aromatic heterocycles. The summed E-state index contributed by atoms with van der Waals surface area (Å²) < 4.78 is 12.3. The van der Waals surface area contributed by atoms with E-state index < -0.39 is 58.9 Å². The Balaban J connectivity index is 1.35. The van der Waals surface area contributed by atoms with E-state index in [-0.39, 0.29) is 40.6 Å². The van der Waals surface area contributed by atoms with Gasteiger partial charge < -0.3 is 35.0 Å². The van der Waals surface area contributed by atoms with Gasteiger partial charge in [-0.05, 0) is 111 Å². The lowest BCUT2D eigenvalue weighted by atomic mass is 9.33. The van der Waals surface area contributed by atoms with Gasteiger partial charge >= 0.3 is 11.9 Å². The second-order valence-corrected chi connectivity index (χ2v) is 17.2. The first-order valence-electron chi connectivity index (χ1n) is 17.4. The van der Waals surface area contributed by atoms with Crippen LogP contribution in [0.25, 0.3) is 0 Å². The van der Waals surface area contributed by atoms with Crippen molar-refractivity contribution in [3.63, 3.8) is 0 Å². The van der Waals surface area contributed by atoms with Crippen molar-refractivity contribution in [3.8, 4) is 0 Å². The van der Waals surface area contributed by atoms with Gasteiger partial charge in [0.05, 0.1) is 23.0 Å². The molecular formula is C36H56O9. The van der Waals surface area contributed by atoms with Crippen LogP contribution in [0, 0.1) is 56.7 Å². The molecule has 4 saturated carbocycles. The molecule has 2 unspecified atom stereocenters. The molecule has 254 valence electrons. The molecule has 0 aromatic carbocycles. The maximum Gasteiger partial charge on any atom is 0.314 e. The van der Waals surface area contributed by atoms with Gasteiger partial charge in [0.25, 0.3) is 0 Å². The van der Waals surface area contributed by atoms with Crippen LogP contribution in [0.15, 0.2) is 11.6 Å². The fourth-order valence-corrected chi connectivity index (χ4v) is 12.5. The van der Waals surface area contributed by atoms with Crippen LogP contribution in [0.5, 0.6) is 0 Å². The largest absolute Gasteiger partial charge is 0.481 e. The first kappa shape index (κ1) is 33.4. The van der Waals surface area contributed by atoms with Crippen LogP contribution in [0.1, 0.15) is 106 Å². The monoisotopic (exact) mass is 632 g/mol. The van der Waals surface area contributed by atoms with Crippen LogP contribution in [-0.4, -0.2) is 74.3 Å². The molecule has 0 bridgehead atoms. The average Bonchev–Trinajstić information content (AvgIpc) is 2.97. The van der Waals surface area contributed by atoms with Gasteiger partial charge in [-0.15, -0.1) is 0 Å². The Kier molecular flexibility index (Phi) is 7.97. The van der Waals surface area contributed by atoms with E-state index in [1.54, 1.807) is 6.92 Å². The van der Waals surface area contributed by atoms with Crippen LogP contribution < -0.4 is 0 Å². The minimum atomic E-state index is -1.36. The molecule has 1 saturated heterocycles. The normalized spacial score (nSPS) is 54.0. The van der Waals surface area contributed by atoms with Gasteiger partial charge in [0.15, 0.2) is 6.29 Å². The number of rotatable bonds is 4. The van der Waals surface area contributed by atoms with Crippen molar-refractivity contribution >= 4 is 11.9 Å². The number of carboxylic acids is 2. The summed E-state index contributed by atoms with van der Waals surface area (Å²) in [4.78, 5) is 26.8. The van der Waals surface area contributed by atoms with E-state index in [9.17, 15) is 35.1 Å². The summed E-state index contributed by atoms with van der Waals surface area (Å²) in [6, 6.07) is 0. The molecule has 1 aliphatic heterocycles. The molecule has 0 spiro atoms. The molecule has 45 heavy (non-hydrogen) atoms. The third-order valence-corrected chi connectivity index (χ3v) is 15.3. The molecule has 5 N–H and O–H groups in total. The van der Waals surface area contributed by atoms with Gasteiger partial charge in [-0.2, -0.15) is 0 Å². The van der Waals surface area contributed by atoms with Gasteiger partial charge in [0.2, 0.25) is 0 Å². The zero-order valence-corrected chi connectivity index (χ0v) is 28.2. The Morgan fingerprint density at radius 1 is 0.822 bits per heavy atom. The number of ether oxygens (including phenoxy) is 2. The van der Waals surface area contributed by atoms with Crippen LogP contribution >= 0.6 is 0 Å². The summed E-state index contributed by atoms with van der Waals surface area (Å²) in [5.74, 6) is -1.08. The third kappa shape index (κ3) is 4.28. The van der Waals surface area contributed by atoms with Crippen molar-refractivity contribution in [3.05, 3.63) is 11.6 Å². The van der Waals surface area contributed by atoms with E-state index in [0.29, 0.717) is 31.6 Å². The summed E-state index contributed by atoms with van der Waals surface area (Å²) in [6.07, 6.45) is 2.36. The number of allylic oxidation sites excluding steroid dienone is 1. The summed E-state index contributed by atoms with van der Waals surface area (Å²) in [5.41, 5.74) is -2.13. The van der Waals surface area contributed by atoms with E-state index in [0.717, 1.165) is 37.7 Å². The number of hydrogen-bond acceptors (Lipinski definition) is 7. The zero-order valence-electron chi connectivity index (χ0n) is 28.2. The number of aliphatic hydroxyl groups excluding tert-OH is 3. The Bertz CT molecular complexity index is 1250. The molecule has 5 aliphatic carbocycles. The highest BCUT2D eigenvalue weighted by atomic mass is 16.7. The molecule has 6 rings (SSSR count). The fraction of sp³-hybridized carbons (Fsp3) is 0.889. The lowest BCUT2D eigenvalue weighted by molar-refractivity contribution is -0.324. The third-order valence-electron chi connectivity index (χ3n) is 15.3. The van der Waals surface area contributed by atoms with E-state index in [1.807, 2.05) is 0 Å². The summed E-state index contributed by atoms with van der Waals surface area (Å²) in [6.45, 7) is 15.0. The van der Waals surface area contributed by atoms with Gasteiger partial charge in [-0.25, -0.2) is 0 Å². The molecule has 9 heteroatoms. The van der Waals surface area contributed by atoms with E-state index in [2.05, 4.69) is 47.6 Å². The van der Waals surface area contributed by atoms with Gasteiger partial charge in [0, 0.05) is 0 Å². The topological polar surface area (TPSA) is 154 Å². The van der Waals surface area contributed by atoms with Crippen LogP contribution in [0.3, 0.4) is 0 Å². The second kappa shape index (κ2) is 10.7. The number of aliphatic carboxylic acids is 2. The maximum atomic E-state index is 13.8. The zero-order chi connectivity index (χ0) is 33.1. The van der Waals surface area contributed by atoms with Crippen molar-refractivity contribution in [2.24, 2.45) is 56.7 Å². The van der Waals surface area contributed by atoms with Gasteiger partial charge in [-0.1, -0.05) is 53.2 Å². The fourth-order valence-electron chi connectivity index (χ4n) is 12.5. The predicted molar refractivity (Wildman–Crippen MR) is 166 cm³/mol. The molecule has 6 aliphatic rings. The van der Waals surface area contributed by atoms with Crippen LogP contribution in [0.2, 0.25) is 0 Å². The predicted octanol–water partition coefficient (Wildman–Crippen LogP) is 5.01. The van der Waals surface area contributed by atoms with Crippen LogP contribution in [0.4, 0.5) is 0 Å². The quantitative estimate of drug-likeness (QED) is 0.213. The molecule has 0 amide bonds. The number of hydrogen-bond donors (Lipinski definition) is 5. The van der Waals surface area contributed by atoms with Crippen molar-refractivity contribution < 1.29 is 44.6 Å². The van der Waals surface area contributed by atoms with Crippen molar-refractivity contribution in [1.29, 1.82) is 0 Å². The minimum absolute atomic E-state index is 0.0958. The highest BCUT2D eigenvalue weighted by Gasteiger charge is 2.73. The number of carboxylic acid groups (broad SMARTS) is 2. The van der Waals surface area contributed by atoms with E-state index in [1.165, 1.54) is 0 Å². The average molecular weight is 633 g/mol. The Morgan fingerprint density at radius 2 is 1.51 bits per heavy atom. The Labute approximate surface area is 267 Å². The molecule has 5 fully saturated rings. The number of aliphatic hydroxyl groups is 3. The smallest absolute Gasteiger partial charge is 0.314 e. The molecular weight excluding hydrogens is 576 g/mol. The molecule has 15 atom stereocenters. The lowest BCUT2D eigenvalue weighted by Gasteiger charge is -2.70. The Hall–Kier alpha value is -1.52. The van der Waals surface area contributed by atoms with E-state index >= 15 is 0 Å². The molecule has 1 heterocycles. The number of fused-ring (bicyclic) bond motifs is 7. The lowest BCUT2D eigenvalue weighted by Crippen LogP contribution is -2.68. The van der Waals surface area contributed by atoms with E-state index in [4.69, 9.17) is 9.47 Å². The SMILES string of the molecule is C[C@H]1[C@H](C)CC[C@]2(C(=O)O)CC[C@]3(C(=O)O)C(=CCC4[C@@]5(C)CC[C@H](O[C@@H]6O[C@H](C)[C@@H](O)[C@H](O)[C@H]6O)C(C)(C)C5CC[C@]43C)[C@H]12. The summed E-state index contributed by atoms with van der Waals surface area (Å²) in [7, 11) is 0. The minimum Gasteiger partial charge on any atom is -0.481 e. The van der Waals surface area contributed by atoms with Crippen molar-refractivity contribution in [2.45, 2.75) is 143 Å². The van der Waals surface area contributed by atoms with Gasteiger partial charge in [-0.3, -0.25) is 9.59 Å². The standard InChI is InChI=1S/C36H56O9/c1-18-10-15-35(30(40)41)16-17-36(31(42)43)21(25(35)19(18)2)8-9-23-33(6)13-12-24(32(4,5)22(33)11-14-34(23,36)7)45-29-28(39)27(38)26(37)20(3)44-29/h8,18-20,22-29,37-39H,9-17H2,1-7H3,(H,40,41)(H,42,43)/t18-,19+,20-,22?,23?,24+,25+,26-,27+,28-,29+,33+,34-,35+,36-/m1/s1. The Morgan fingerprint density at radius 3 is 2.16 bits per heavy atom. The first-order chi connectivity index (χ1) is 20.9. The van der Waals surface area contributed by atoms with Gasteiger partial charge in [0.1, 0.15) is 18.3 Å². The first-order valence-corrected chi connectivity index (χ1v) is 17.4. The highest BCUT2D eigenvalue weighted by molar-refractivity contribution is 5.84. The van der Waals surface area contributed by atoms with Crippen molar-refractivity contribution in [1.82, 2.24) is 0 Å². The molecule has 0 radical (unpaired) electrons. The number of carbonyl (C=O) groups is 2. The van der Waals surface area contributed by atoms with Crippen molar-refractivity contribution in [2.75, 3.05) is 0 Å². The molecule has 9 nitrogen and oxygen atoms in total. The maximum absolute atomic E-state index is 13.8. The second-order valence-electron chi connectivity index (χ2n) is 17.2. The summed E-state index contributed by atoms with van der Waals surface area (Å²) in [5, 5.41) is 53.2.